The number of hydrazine groups is 2. The maximum atomic E-state index is 12.9. The third-order valence-corrected chi connectivity index (χ3v) is 14.9. The Bertz CT molecular complexity index is 3870. The summed E-state index contributed by atoms with van der Waals surface area (Å²) in [5.41, 5.74) is 24.3. The highest BCUT2D eigenvalue weighted by atomic mass is 16.6. The fourth-order valence-electron chi connectivity index (χ4n) is 11.4. The van der Waals surface area contributed by atoms with E-state index >= 15 is 0 Å². The molecule has 0 saturated carbocycles. The van der Waals surface area contributed by atoms with Crippen molar-refractivity contribution in [1.82, 2.24) is 40.4 Å². The van der Waals surface area contributed by atoms with E-state index in [1.807, 2.05) is 46.9 Å². The number of ether oxygens (including phenoxy) is 3. The van der Waals surface area contributed by atoms with Crippen molar-refractivity contribution in [3.05, 3.63) is 150 Å². The average Bonchev–Trinajstić information content (AvgIpc) is 3.12. The first-order valence-electron chi connectivity index (χ1n) is 27.0. The van der Waals surface area contributed by atoms with Gasteiger partial charge in [-0.1, -0.05) is 24.3 Å². The fourth-order valence-corrected chi connectivity index (χ4v) is 11.4. The minimum absolute atomic E-state index is 0.152. The molecule has 0 radical (unpaired) electrons. The van der Waals surface area contributed by atoms with Gasteiger partial charge in [0.2, 0.25) is 0 Å². The maximum Gasteiger partial charge on any atom is 0.310 e. The van der Waals surface area contributed by atoms with Gasteiger partial charge >= 0.3 is 23.8 Å². The standard InChI is InChI=1S/C30H35N5O4.C28H33N5O3.C4H6O3/c1-15-12-21-22(30(7,8)39-29(21,5)6)14-19(15)13-20-10-11-23(38-20)28(37)33-32-26-25(18(4)36)16(2)24-17(3)34-35(9)27(24)31-26;1-15-11-20-21(28(6,7)36-27(20,4)5)14-18(15)13-19-9-10-22(35-19)26(34)31-30-23-12-16(2)24-17(3)32-33(8)25(24)29-23;1-3(5)7-4(2)6/h10-12,14H,13H2,1-9H3,(H,31,32)(H,33,37);9-12,14H,13H2,1-8H3,(H,29,30)(H,31,34);1-2H3. The van der Waals surface area contributed by atoms with Crippen LogP contribution in [0.5, 0.6) is 0 Å². The summed E-state index contributed by atoms with van der Waals surface area (Å²) in [5, 5.41) is 10.7. The van der Waals surface area contributed by atoms with Gasteiger partial charge < -0.3 is 23.0 Å². The van der Waals surface area contributed by atoms with Crippen molar-refractivity contribution >= 4 is 63.2 Å². The highest BCUT2D eigenvalue weighted by molar-refractivity contribution is 6.05. The first kappa shape index (κ1) is 59.6. The van der Waals surface area contributed by atoms with E-state index < -0.39 is 17.8 Å². The molecule has 0 bridgehead atoms. The summed E-state index contributed by atoms with van der Waals surface area (Å²) in [6.07, 6.45) is 1.13. The predicted molar refractivity (Wildman–Crippen MR) is 310 cm³/mol. The summed E-state index contributed by atoms with van der Waals surface area (Å²) in [5.74, 6) is 0.437. The number of aromatic nitrogens is 6. The number of esters is 2. The number of carbonyl (C=O) groups excluding carboxylic acids is 5. The molecule has 0 fully saturated rings. The summed E-state index contributed by atoms with van der Waals surface area (Å²) in [7, 11) is 3.64. The molecule has 82 heavy (non-hydrogen) atoms. The highest BCUT2D eigenvalue weighted by Gasteiger charge is 2.44. The van der Waals surface area contributed by atoms with Crippen LogP contribution in [0.3, 0.4) is 0 Å². The Morgan fingerprint density at radius 3 is 1.38 bits per heavy atom. The third-order valence-electron chi connectivity index (χ3n) is 14.9. The van der Waals surface area contributed by atoms with Crippen LogP contribution in [-0.2, 0) is 73.1 Å². The van der Waals surface area contributed by atoms with Gasteiger partial charge in [0.25, 0.3) is 0 Å². The molecule has 0 unspecified atom stereocenters. The number of furan rings is 2. The molecule has 20 nitrogen and oxygen atoms in total. The van der Waals surface area contributed by atoms with E-state index in [0.29, 0.717) is 35.6 Å². The number of nitrogens with one attached hydrogen (secondary N) is 4. The van der Waals surface area contributed by atoms with Crippen LogP contribution in [0.4, 0.5) is 11.6 Å². The lowest BCUT2D eigenvalue weighted by atomic mass is 9.86. The second-order valence-corrected chi connectivity index (χ2v) is 23.2. The molecule has 8 heterocycles. The monoisotopic (exact) mass is 1120 g/mol. The van der Waals surface area contributed by atoms with Gasteiger partial charge in [0.1, 0.15) is 17.3 Å². The summed E-state index contributed by atoms with van der Waals surface area (Å²) in [6.45, 7) is 32.5. The molecule has 0 saturated heterocycles. The molecule has 10 rings (SSSR count). The fraction of sp³-hybridized carbons (Fsp3) is 0.403. The highest BCUT2D eigenvalue weighted by Crippen LogP contribution is 2.49. The molecule has 0 atom stereocenters. The SMILES string of the molecule is CC(=O)OC(C)=O.CC(=O)c1c(NNC(=O)c2ccc(Cc3cc4c(cc3C)C(C)(C)OC4(C)C)o2)nc2c(c(C)nn2C)c1C.Cc1cc2c(cc1Cc1ccc(C(=O)NNc3cc(C)c4c(C)nn(C)c4n3)o1)C(C)(C)OC2(C)C. The van der Waals surface area contributed by atoms with E-state index in [9.17, 15) is 24.0 Å². The second kappa shape index (κ2) is 22.1. The van der Waals surface area contributed by atoms with Gasteiger partial charge in [-0.25, -0.2) is 9.97 Å². The zero-order valence-electron chi connectivity index (χ0n) is 50.4. The lowest BCUT2D eigenvalue weighted by Gasteiger charge is -2.24. The van der Waals surface area contributed by atoms with E-state index in [2.05, 4.69) is 140 Å². The first-order chi connectivity index (χ1) is 38.2. The van der Waals surface area contributed by atoms with Crippen LogP contribution in [0.1, 0.15) is 186 Å². The van der Waals surface area contributed by atoms with E-state index in [0.717, 1.165) is 61.4 Å². The van der Waals surface area contributed by atoms with Gasteiger partial charge in [-0.15, -0.1) is 0 Å². The van der Waals surface area contributed by atoms with Gasteiger partial charge in [0.15, 0.2) is 34.4 Å². The van der Waals surface area contributed by atoms with Gasteiger partial charge in [-0.2, -0.15) is 10.2 Å². The molecule has 20 heteroatoms. The van der Waals surface area contributed by atoms with E-state index in [1.165, 1.54) is 48.6 Å². The van der Waals surface area contributed by atoms with Crippen molar-refractivity contribution in [3.63, 3.8) is 0 Å². The van der Waals surface area contributed by atoms with Crippen LogP contribution >= 0.6 is 0 Å². The Balaban J connectivity index is 0.000000193. The zero-order valence-corrected chi connectivity index (χ0v) is 50.4. The van der Waals surface area contributed by atoms with Crippen LogP contribution in [-0.4, -0.2) is 59.1 Å². The summed E-state index contributed by atoms with van der Waals surface area (Å²) in [6, 6.07) is 17.7. The first-order valence-corrected chi connectivity index (χ1v) is 27.0. The Kier molecular flexibility index (Phi) is 16.1. The smallest absolute Gasteiger partial charge is 0.310 e. The maximum absolute atomic E-state index is 12.9. The van der Waals surface area contributed by atoms with Gasteiger partial charge in [0, 0.05) is 51.6 Å². The minimum Gasteiger partial charge on any atom is -0.456 e. The number of fused-ring (bicyclic) bond motifs is 4. The van der Waals surface area contributed by atoms with Crippen molar-refractivity contribution in [2.45, 2.75) is 153 Å². The van der Waals surface area contributed by atoms with Crippen molar-refractivity contribution < 1.29 is 47.0 Å². The molecule has 8 aromatic rings. The Morgan fingerprint density at radius 1 is 0.537 bits per heavy atom. The molecule has 4 N–H and O–H groups in total. The van der Waals surface area contributed by atoms with Crippen molar-refractivity contribution in [2.24, 2.45) is 14.1 Å². The largest absolute Gasteiger partial charge is 0.456 e. The number of carbonyl (C=O) groups is 5. The minimum atomic E-state index is -0.562. The predicted octanol–water partition coefficient (Wildman–Crippen LogP) is 11.0. The molecular formula is C62H74N10O10. The molecule has 0 aliphatic carbocycles. The summed E-state index contributed by atoms with van der Waals surface area (Å²) < 4.78 is 31.8. The number of ketones is 1. The number of hydrogen-bond acceptors (Lipinski definition) is 16. The molecular weight excluding hydrogens is 1040 g/mol. The zero-order chi connectivity index (χ0) is 60.3. The average molecular weight is 1120 g/mol. The van der Waals surface area contributed by atoms with Crippen LogP contribution in [0.15, 0.2) is 63.4 Å². The van der Waals surface area contributed by atoms with Crippen LogP contribution < -0.4 is 21.7 Å². The van der Waals surface area contributed by atoms with E-state index in [1.54, 1.807) is 34.6 Å². The molecule has 0 spiro atoms. The topological polar surface area (TPSA) is 249 Å². The number of rotatable bonds is 11. The normalized spacial score (nSPS) is 14.9. The lowest BCUT2D eigenvalue weighted by Crippen LogP contribution is -2.30. The molecule has 2 amide bonds. The summed E-state index contributed by atoms with van der Waals surface area (Å²) >= 11 is 0. The van der Waals surface area contributed by atoms with Crippen molar-refractivity contribution in [3.8, 4) is 0 Å². The van der Waals surface area contributed by atoms with Crippen molar-refractivity contribution in [1.29, 1.82) is 0 Å². The van der Waals surface area contributed by atoms with Crippen LogP contribution in [0.2, 0.25) is 0 Å². The number of nitrogens with zero attached hydrogens (tertiary/aromatic N) is 6. The van der Waals surface area contributed by atoms with Gasteiger partial charge in [-0.05, 0) is 190 Å². The van der Waals surface area contributed by atoms with Crippen LogP contribution in [0, 0.1) is 41.5 Å². The van der Waals surface area contributed by atoms with Crippen LogP contribution in [0.25, 0.3) is 22.1 Å². The summed E-state index contributed by atoms with van der Waals surface area (Å²) in [4.78, 5) is 66.9. The molecule has 2 aliphatic heterocycles. The van der Waals surface area contributed by atoms with E-state index in [-0.39, 0.29) is 51.4 Å². The van der Waals surface area contributed by atoms with Gasteiger partial charge in [-0.3, -0.25) is 55.0 Å². The Labute approximate surface area is 477 Å². The molecule has 6 aromatic heterocycles. The molecule has 2 aromatic carbocycles. The number of pyridine rings is 2. The lowest BCUT2D eigenvalue weighted by molar-refractivity contribution is -0.156. The van der Waals surface area contributed by atoms with Crippen molar-refractivity contribution in [2.75, 3.05) is 10.9 Å². The Morgan fingerprint density at radius 2 is 0.951 bits per heavy atom. The number of Topliss-reactive ketones (excluding diaryl/α,β-unsaturated/α-hetero) is 1. The van der Waals surface area contributed by atoms with E-state index in [4.69, 9.17) is 18.3 Å². The number of aryl methyl sites for hydroxylation is 8. The third kappa shape index (κ3) is 12.1. The Hall–Kier alpha value is -8.49. The molecule has 432 valence electrons. The number of hydrogen-bond donors (Lipinski definition) is 4. The second-order valence-electron chi connectivity index (χ2n) is 23.2. The number of anilines is 2. The quantitative estimate of drug-likeness (QED) is 0.0407. The van der Waals surface area contributed by atoms with Gasteiger partial charge in [0.05, 0.1) is 39.4 Å². The number of amides is 2. The molecule has 2 aliphatic rings. The number of benzene rings is 2.